The summed E-state index contributed by atoms with van der Waals surface area (Å²) in [5.41, 5.74) is 3.26. The number of hydrogen-bond acceptors (Lipinski definition) is 6. The van der Waals surface area contributed by atoms with Crippen LogP contribution in [-0.2, 0) is 14.3 Å². The van der Waals surface area contributed by atoms with Crippen LogP contribution in [-0.4, -0.2) is 32.6 Å². The summed E-state index contributed by atoms with van der Waals surface area (Å²) in [6.45, 7) is 8.52. The zero-order valence-corrected chi connectivity index (χ0v) is 20.1. The first kappa shape index (κ1) is 23.9. The van der Waals surface area contributed by atoms with Gasteiger partial charge in [0.1, 0.15) is 0 Å². The van der Waals surface area contributed by atoms with Crippen molar-refractivity contribution >= 4 is 11.8 Å². The van der Waals surface area contributed by atoms with Crippen molar-refractivity contribution in [2.45, 2.75) is 65.7 Å². The van der Waals surface area contributed by atoms with Crippen LogP contribution in [0.4, 0.5) is 0 Å². The van der Waals surface area contributed by atoms with Gasteiger partial charge in [0.25, 0.3) is 0 Å². The SMILES string of the molecule is CCCCCOC(=O)C1=C(C)NC2=C(C(=O)CC(C)(C)C2)[C@@H]1c1cccc(OC)c1OC. The summed E-state index contributed by atoms with van der Waals surface area (Å²) in [6, 6.07) is 5.56. The minimum absolute atomic E-state index is 0.0439. The first-order valence-electron chi connectivity index (χ1n) is 11.4. The molecule has 1 aliphatic heterocycles. The molecule has 0 saturated carbocycles. The number of methoxy groups -OCH3 is 2. The third-order valence-corrected chi connectivity index (χ3v) is 6.19. The third kappa shape index (κ3) is 4.69. The summed E-state index contributed by atoms with van der Waals surface area (Å²) in [4.78, 5) is 26.7. The second-order valence-corrected chi connectivity index (χ2v) is 9.36. The van der Waals surface area contributed by atoms with E-state index < -0.39 is 11.9 Å². The van der Waals surface area contributed by atoms with Gasteiger partial charge in [-0.15, -0.1) is 0 Å². The number of unbranched alkanes of at least 4 members (excludes halogenated alkanes) is 2. The van der Waals surface area contributed by atoms with Crippen molar-refractivity contribution in [1.82, 2.24) is 5.32 Å². The fourth-order valence-electron chi connectivity index (χ4n) is 4.75. The number of benzene rings is 1. The molecule has 0 fully saturated rings. The first-order chi connectivity index (χ1) is 15.2. The lowest BCUT2D eigenvalue weighted by Crippen LogP contribution is -2.38. The van der Waals surface area contributed by atoms with E-state index in [2.05, 4.69) is 26.1 Å². The van der Waals surface area contributed by atoms with E-state index >= 15 is 0 Å². The van der Waals surface area contributed by atoms with Gasteiger partial charge in [0.15, 0.2) is 17.3 Å². The van der Waals surface area contributed by atoms with Crippen LogP contribution in [0.3, 0.4) is 0 Å². The topological polar surface area (TPSA) is 73.9 Å². The standard InChI is InChI=1S/C26H35NO5/c1-7-8-9-13-32-25(29)21-16(2)27-18-14-26(3,4)15-19(28)23(18)22(21)17-11-10-12-20(30-5)24(17)31-6/h10-12,22,27H,7-9,13-15H2,1-6H3/t22-/m1/s1. The molecule has 0 unspecified atom stereocenters. The lowest BCUT2D eigenvalue weighted by atomic mass is 9.68. The number of ether oxygens (including phenoxy) is 3. The predicted molar refractivity (Wildman–Crippen MR) is 124 cm³/mol. The zero-order valence-electron chi connectivity index (χ0n) is 20.1. The molecule has 0 radical (unpaired) electrons. The first-order valence-corrected chi connectivity index (χ1v) is 11.4. The van der Waals surface area contributed by atoms with E-state index in [-0.39, 0.29) is 11.2 Å². The molecule has 1 N–H and O–H groups in total. The normalized spacial score (nSPS) is 19.9. The van der Waals surface area contributed by atoms with E-state index in [1.165, 1.54) is 0 Å². The number of Topliss-reactive ketones (excluding diaryl/α,β-unsaturated/α-hetero) is 1. The van der Waals surface area contributed by atoms with E-state index in [1.54, 1.807) is 14.2 Å². The lowest BCUT2D eigenvalue weighted by molar-refractivity contribution is -0.139. The summed E-state index contributed by atoms with van der Waals surface area (Å²) in [7, 11) is 3.15. The average molecular weight is 442 g/mol. The van der Waals surface area contributed by atoms with E-state index in [0.717, 1.165) is 36.9 Å². The molecule has 0 aromatic heterocycles. The molecule has 1 aromatic rings. The number of carbonyl (C=O) groups is 2. The molecule has 0 bridgehead atoms. The minimum atomic E-state index is -0.571. The van der Waals surface area contributed by atoms with Gasteiger partial charge in [-0.3, -0.25) is 4.79 Å². The molecule has 6 nitrogen and oxygen atoms in total. The highest BCUT2D eigenvalue weighted by molar-refractivity contribution is 6.04. The van der Waals surface area contributed by atoms with Crippen LogP contribution < -0.4 is 14.8 Å². The summed E-state index contributed by atoms with van der Waals surface area (Å²) < 4.78 is 16.9. The molecule has 0 saturated heterocycles. The van der Waals surface area contributed by atoms with Gasteiger partial charge in [0.2, 0.25) is 0 Å². The van der Waals surface area contributed by atoms with Crippen LogP contribution in [0.1, 0.15) is 71.3 Å². The Hall–Kier alpha value is -2.76. The molecular weight excluding hydrogens is 406 g/mol. The van der Waals surface area contributed by atoms with Crippen molar-refractivity contribution in [3.05, 3.63) is 46.3 Å². The second kappa shape index (κ2) is 9.80. The highest BCUT2D eigenvalue weighted by Crippen LogP contribution is 2.50. The largest absolute Gasteiger partial charge is 0.493 e. The third-order valence-electron chi connectivity index (χ3n) is 6.19. The summed E-state index contributed by atoms with van der Waals surface area (Å²) >= 11 is 0. The molecule has 2 aliphatic rings. The number of esters is 1. The Balaban J connectivity index is 2.13. The van der Waals surface area contributed by atoms with Gasteiger partial charge in [-0.1, -0.05) is 45.7 Å². The van der Waals surface area contributed by atoms with Gasteiger partial charge in [-0.05, 0) is 31.2 Å². The molecule has 174 valence electrons. The minimum Gasteiger partial charge on any atom is -0.493 e. The van der Waals surface area contributed by atoms with Crippen LogP contribution >= 0.6 is 0 Å². The van der Waals surface area contributed by atoms with Crippen molar-refractivity contribution < 1.29 is 23.8 Å². The monoisotopic (exact) mass is 441 g/mol. The van der Waals surface area contributed by atoms with Gasteiger partial charge < -0.3 is 19.5 Å². The fraction of sp³-hybridized carbons (Fsp3) is 0.538. The van der Waals surface area contributed by atoms with Crippen molar-refractivity contribution in [3.8, 4) is 11.5 Å². The van der Waals surface area contributed by atoms with Crippen molar-refractivity contribution in [2.24, 2.45) is 5.41 Å². The maximum Gasteiger partial charge on any atom is 0.336 e. The highest BCUT2D eigenvalue weighted by atomic mass is 16.5. The molecule has 6 heteroatoms. The van der Waals surface area contributed by atoms with Gasteiger partial charge >= 0.3 is 5.97 Å². The molecule has 0 amide bonds. The maximum absolute atomic E-state index is 13.4. The van der Waals surface area contributed by atoms with Crippen LogP contribution in [0.15, 0.2) is 40.7 Å². The van der Waals surface area contributed by atoms with Gasteiger partial charge in [-0.25, -0.2) is 4.79 Å². The number of para-hydroxylation sites is 1. The summed E-state index contributed by atoms with van der Waals surface area (Å²) in [5, 5.41) is 3.37. The Morgan fingerprint density at radius 2 is 1.91 bits per heavy atom. The Bertz CT molecular complexity index is 957. The van der Waals surface area contributed by atoms with Crippen LogP contribution in [0.2, 0.25) is 0 Å². The van der Waals surface area contributed by atoms with Gasteiger partial charge in [0.05, 0.1) is 32.3 Å². The molecule has 1 aliphatic carbocycles. The summed E-state index contributed by atoms with van der Waals surface area (Å²) in [6.07, 6.45) is 4.02. The highest BCUT2D eigenvalue weighted by Gasteiger charge is 2.44. The number of dihydropyridines is 1. The summed E-state index contributed by atoms with van der Waals surface area (Å²) in [5.74, 6) is 0.157. The Morgan fingerprint density at radius 1 is 1.16 bits per heavy atom. The Labute approximate surface area is 191 Å². The molecule has 1 heterocycles. The fourth-order valence-corrected chi connectivity index (χ4v) is 4.75. The molecule has 3 rings (SSSR count). The number of ketones is 1. The molecule has 0 spiro atoms. The molecular formula is C26H35NO5. The van der Waals surface area contributed by atoms with Gasteiger partial charge in [-0.2, -0.15) is 0 Å². The van der Waals surface area contributed by atoms with Crippen LogP contribution in [0.25, 0.3) is 0 Å². The van der Waals surface area contributed by atoms with Crippen LogP contribution in [0.5, 0.6) is 11.5 Å². The molecule has 1 aromatic carbocycles. The van der Waals surface area contributed by atoms with E-state index in [1.807, 2.05) is 25.1 Å². The smallest absolute Gasteiger partial charge is 0.336 e. The number of nitrogens with one attached hydrogen (secondary N) is 1. The van der Waals surface area contributed by atoms with Crippen molar-refractivity contribution in [2.75, 3.05) is 20.8 Å². The number of rotatable bonds is 8. The van der Waals surface area contributed by atoms with Crippen molar-refractivity contribution in [3.63, 3.8) is 0 Å². The predicted octanol–water partition coefficient (Wildman–Crippen LogP) is 5.04. The van der Waals surface area contributed by atoms with Crippen LogP contribution in [0, 0.1) is 5.41 Å². The number of hydrogen-bond donors (Lipinski definition) is 1. The maximum atomic E-state index is 13.4. The van der Waals surface area contributed by atoms with E-state index in [0.29, 0.717) is 41.4 Å². The quantitative estimate of drug-likeness (QED) is 0.450. The van der Waals surface area contributed by atoms with E-state index in [4.69, 9.17) is 14.2 Å². The second-order valence-electron chi connectivity index (χ2n) is 9.36. The number of allylic oxidation sites excluding steroid dienone is 3. The zero-order chi connectivity index (χ0) is 23.5. The number of carbonyl (C=O) groups excluding carboxylic acids is 2. The van der Waals surface area contributed by atoms with Crippen molar-refractivity contribution in [1.29, 1.82) is 0 Å². The average Bonchev–Trinajstić information content (AvgIpc) is 2.74. The van der Waals surface area contributed by atoms with E-state index in [9.17, 15) is 9.59 Å². The lowest BCUT2D eigenvalue weighted by Gasteiger charge is -2.39. The van der Waals surface area contributed by atoms with Gasteiger partial charge in [0, 0.05) is 29.0 Å². The Kier molecular flexibility index (Phi) is 7.32. The Morgan fingerprint density at radius 3 is 2.56 bits per heavy atom. The molecule has 1 atom stereocenters. The molecule has 32 heavy (non-hydrogen) atoms.